The van der Waals surface area contributed by atoms with Crippen molar-refractivity contribution in [1.82, 2.24) is 0 Å². The molecule has 6 heteroatoms. The first-order chi connectivity index (χ1) is 8.76. The van der Waals surface area contributed by atoms with Crippen molar-refractivity contribution in [1.29, 1.82) is 0 Å². The van der Waals surface area contributed by atoms with Gasteiger partial charge >= 0.3 is 6.18 Å². The van der Waals surface area contributed by atoms with Gasteiger partial charge in [0.2, 0.25) is 0 Å². The summed E-state index contributed by atoms with van der Waals surface area (Å²) >= 11 is 0. The standard InChI is InChI=1S/C13H17F4NO/c1-3-7-18(8-13(15,16)17)11-6-4-5-10(14)12(11)9(2)19/h4-6,9,19H,3,7-8H2,1-2H3. The molecule has 0 aliphatic heterocycles. The fourth-order valence-corrected chi connectivity index (χ4v) is 1.99. The molecule has 1 aromatic rings. The zero-order valence-electron chi connectivity index (χ0n) is 10.8. The molecule has 108 valence electrons. The van der Waals surface area contributed by atoms with E-state index in [0.717, 1.165) is 11.0 Å². The summed E-state index contributed by atoms with van der Waals surface area (Å²) in [5, 5.41) is 9.55. The van der Waals surface area contributed by atoms with E-state index in [2.05, 4.69) is 0 Å². The molecule has 0 aliphatic carbocycles. The Hall–Kier alpha value is -1.30. The predicted molar refractivity (Wildman–Crippen MR) is 65.6 cm³/mol. The van der Waals surface area contributed by atoms with Gasteiger partial charge in [0.1, 0.15) is 12.4 Å². The number of aliphatic hydroxyl groups is 1. The van der Waals surface area contributed by atoms with Crippen molar-refractivity contribution in [3.8, 4) is 0 Å². The summed E-state index contributed by atoms with van der Waals surface area (Å²) in [6, 6.07) is 3.87. The quantitative estimate of drug-likeness (QED) is 0.831. The van der Waals surface area contributed by atoms with E-state index in [0.29, 0.717) is 6.42 Å². The SMILES string of the molecule is CCCN(CC(F)(F)F)c1cccc(F)c1C(C)O. The number of hydrogen-bond donors (Lipinski definition) is 1. The molecule has 19 heavy (non-hydrogen) atoms. The molecule has 1 rings (SSSR count). The third-order valence-corrected chi connectivity index (χ3v) is 2.65. The van der Waals surface area contributed by atoms with Crippen molar-refractivity contribution in [3.63, 3.8) is 0 Å². The Morgan fingerprint density at radius 1 is 1.32 bits per heavy atom. The van der Waals surface area contributed by atoms with Gasteiger partial charge in [0.25, 0.3) is 0 Å². The van der Waals surface area contributed by atoms with Crippen LogP contribution in [0, 0.1) is 5.82 Å². The molecule has 0 bridgehead atoms. The van der Waals surface area contributed by atoms with Crippen LogP contribution in [-0.4, -0.2) is 24.4 Å². The molecule has 0 spiro atoms. The average molecular weight is 279 g/mol. The molecule has 0 aromatic heterocycles. The number of anilines is 1. The van der Waals surface area contributed by atoms with Gasteiger partial charge in [0.15, 0.2) is 0 Å². The van der Waals surface area contributed by atoms with Gasteiger partial charge in [0.05, 0.1) is 6.10 Å². The lowest BCUT2D eigenvalue weighted by Crippen LogP contribution is -2.35. The summed E-state index contributed by atoms with van der Waals surface area (Å²) in [5.74, 6) is -0.698. The number of alkyl halides is 3. The van der Waals surface area contributed by atoms with E-state index in [9.17, 15) is 22.7 Å². The molecule has 0 radical (unpaired) electrons. The van der Waals surface area contributed by atoms with Crippen LogP contribution in [0.5, 0.6) is 0 Å². The van der Waals surface area contributed by atoms with Gasteiger partial charge in [0, 0.05) is 17.8 Å². The van der Waals surface area contributed by atoms with Crippen LogP contribution in [0.15, 0.2) is 18.2 Å². The predicted octanol–water partition coefficient (Wildman–Crippen LogP) is 3.66. The zero-order valence-corrected chi connectivity index (χ0v) is 10.8. The minimum absolute atomic E-state index is 0.0918. The molecule has 2 nitrogen and oxygen atoms in total. The van der Waals surface area contributed by atoms with Crippen molar-refractivity contribution in [2.24, 2.45) is 0 Å². The van der Waals surface area contributed by atoms with Gasteiger partial charge in [-0.1, -0.05) is 13.0 Å². The Labute approximate surface area is 109 Å². The molecule has 0 heterocycles. The summed E-state index contributed by atoms with van der Waals surface area (Å²) in [7, 11) is 0. The van der Waals surface area contributed by atoms with Crippen LogP contribution in [0.25, 0.3) is 0 Å². The Morgan fingerprint density at radius 2 is 1.95 bits per heavy atom. The summed E-state index contributed by atoms with van der Waals surface area (Å²) in [5.41, 5.74) is -0.00521. The molecular formula is C13H17F4NO. The van der Waals surface area contributed by atoms with Crippen LogP contribution in [0.2, 0.25) is 0 Å². The Kier molecular flexibility index (Phi) is 5.17. The molecular weight excluding hydrogens is 262 g/mol. The highest BCUT2D eigenvalue weighted by atomic mass is 19.4. The topological polar surface area (TPSA) is 23.5 Å². The van der Waals surface area contributed by atoms with Crippen LogP contribution in [0.1, 0.15) is 31.9 Å². The van der Waals surface area contributed by atoms with Gasteiger partial charge in [-0.2, -0.15) is 13.2 Å². The van der Waals surface area contributed by atoms with Crippen LogP contribution < -0.4 is 4.90 Å². The molecule has 0 fully saturated rings. The second-order valence-electron chi connectivity index (χ2n) is 4.39. The monoisotopic (exact) mass is 279 g/mol. The maximum atomic E-state index is 13.7. The highest BCUT2D eigenvalue weighted by Crippen LogP contribution is 2.31. The smallest absolute Gasteiger partial charge is 0.389 e. The maximum Gasteiger partial charge on any atom is 0.405 e. The van der Waals surface area contributed by atoms with Gasteiger partial charge in [-0.15, -0.1) is 0 Å². The second-order valence-corrected chi connectivity index (χ2v) is 4.39. The molecule has 0 aliphatic rings. The lowest BCUT2D eigenvalue weighted by Gasteiger charge is -2.28. The van der Waals surface area contributed by atoms with Gasteiger partial charge in [-0.25, -0.2) is 4.39 Å². The minimum Gasteiger partial charge on any atom is -0.389 e. The number of nitrogens with zero attached hydrogens (tertiary/aromatic N) is 1. The lowest BCUT2D eigenvalue weighted by molar-refractivity contribution is -0.119. The van der Waals surface area contributed by atoms with E-state index < -0.39 is 24.6 Å². The maximum absolute atomic E-state index is 13.7. The first kappa shape index (κ1) is 15.8. The normalized spacial score (nSPS) is 13.4. The Morgan fingerprint density at radius 3 is 2.42 bits per heavy atom. The highest BCUT2D eigenvalue weighted by molar-refractivity contribution is 5.55. The first-order valence-corrected chi connectivity index (χ1v) is 6.04. The lowest BCUT2D eigenvalue weighted by atomic mass is 10.1. The molecule has 1 unspecified atom stereocenters. The highest BCUT2D eigenvalue weighted by Gasteiger charge is 2.32. The van der Waals surface area contributed by atoms with Crippen molar-refractivity contribution in [3.05, 3.63) is 29.6 Å². The second kappa shape index (κ2) is 6.23. The number of aliphatic hydroxyl groups excluding tert-OH is 1. The van der Waals surface area contributed by atoms with Crippen molar-refractivity contribution >= 4 is 5.69 Å². The molecule has 1 atom stereocenters. The molecule has 0 amide bonds. The summed E-state index contributed by atoms with van der Waals surface area (Å²) in [6.45, 7) is 2.05. The van der Waals surface area contributed by atoms with Gasteiger partial charge in [-0.05, 0) is 25.5 Å². The van der Waals surface area contributed by atoms with E-state index in [-0.39, 0.29) is 17.8 Å². The summed E-state index contributed by atoms with van der Waals surface area (Å²) in [4.78, 5) is 1.05. The first-order valence-electron chi connectivity index (χ1n) is 6.04. The van der Waals surface area contributed by atoms with Crippen LogP contribution in [-0.2, 0) is 0 Å². The molecule has 1 aromatic carbocycles. The largest absolute Gasteiger partial charge is 0.405 e. The fraction of sp³-hybridized carbons (Fsp3) is 0.538. The number of benzene rings is 1. The van der Waals surface area contributed by atoms with Crippen LogP contribution >= 0.6 is 0 Å². The number of halogens is 4. The van der Waals surface area contributed by atoms with E-state index in [1.165, 1.54) is 19.1 Å². The summed E-state index contributed by atoms with van der Waals surface area (Å²) in [6.07, 6.45) is -5.05. The zero-order chi connectivity index (χ0) is 14.6. The van der Waals surface area contributed by atoms with Gasteiger partial charge < -0.3 is 10.0 Å². The van der Waals surface area contributed by atoms with Crippen molar-refractivity contribution in [2.45, 2.75) is 32.5 Å². The summed E-state index contributed by atoms with van der Waals surface area (Å²) < 4.78 is 51.3. The third-order valence-electron chi connectivity index (χ3n) is 2.65. The number of rotatable bonds is 5. The van der Waals surface area contributed by atoms with E-state index in [1.807, 2.05) is 0 Å². The average Bonchev–Trinajstić information content (AvgIpc) is 2.25. The third kappa shape index (κ3) is 4.38. The van der Waals surface area contributed by atoms with Crippen molar-refractivity contribution < 1.29 is 22.7 Å². The Balaban J connectivity index is 3.18. The van der Waals surface area contributed by atoms with E-state index >= 15 is 0 Å². The minimum atomic E-state index is -4.38. The molecule has 0 saturated heterocycles. The molecule has 0 saturated carbocycles. The molecule has 1 N–H and O–H groups in total. The van der Waals surface area contributed by atoms with Crippen LogP contribution in [0.4, 0.5) is 23.2 Å². The Bertz CT molecular complexity index is 418. The van der Waals surface area contributed by atoms with Crippen LogP contribution in [0.3, 0.4) is 0 Å². The number of hydrogen-bond acceptors (Lipinski definition) is 2. The van der Waals surface area contributed by atoms with Gasteiger partial charge in [-0.3, -0.25) is 0 Å². The van der Waals surface area contributed by atoms with E-state index in [4.69, 9.17) is 0 Å². The fourth-order valence-electron chi connectivity index (χ4n) is 1.99. The van der Waals surface area contributed by atoms with E-state index in [1.54, 1.807) is 6.92 Å². The van der Waals surface area contributed by atoms with Crippen molar-refractivity contribution in [2.75, 3.05) is 18.0 Å².